The van der Waals surface area contributed by atoms with Crippen molar-refractivity contribution < 1.29 is 14.3 Å². The van der Waals surface area contributed by atoms with Gasteiger partial charge in [-0.05, 0) is 56.6 Å². The van der Waals surface area contributed by atoms with E-state index in [9.17, 15) is 9.59 Å². The summed E-state index contributed by atoms with van der Waals surface area (Å²) in [6, 6.07) is 16.1. The Morgan fingerprint density at radius 2 is 1.61 bits per heavy atom. The lowest BCUT2D eigenvalue weighted by Crippen LogP contribution is -2.42. The highest BCUT2D eigenvalue weighted by molar-refractivity contribution is 6.08. The van der Waals surface area contributed by atoms with Crippen LogP contribution in [0.3, 0.4) is 0 Å². The summed E-state index contributed by atoms with van der Waals surface area (Å²) in [5, 5.41) is 3.20. The van der Waals surface area contributed by atoms with Gasteiger partial charge in [0.15, 0.2) is 12.4 Å². The number of carbonyl (C=O) groups excluding carboxylic acids is 2. The fourth-order valence-electron chi connectivity index (χ4n) is 3.37. The maximum absolute atomic E-state index is 12.4. The number of hydrogen-bond donors (Lipinski definition) is 1. The molecule has 0 radical (unpaired) electrons. The van der Waals surface area contributed by atoms with Crippen LogP contribution < -0.4 is 10.1 Å². The largest absolute Gasteiger partial charge is 0.484 e. The van der Waals surface area contributed by atoms with Crippen LogP contribution in [0.15, 0.2) is 54.6 Å². The fraction of sp³-hybridized carbons (Fsp3) is 0.364. The van der Waals surface area contributed by atoms with Gasteiger partial charge in [-0.3, -0.25) is 9.59 Å². The van der Waals surface area contributed by atoms with Crippen molar-refractivity contribution in [2.45, 2.75) is 12.8 Å². The number of carbonyl (C=O) groups is 2. The number of benzene rings is 2. The highest BCUT2D eigenvalue weighted by atomic mass is 35.5. The van der Waals surface area contributed by atoms with Crippen LogP contribution in [0.4, 0.5) is 0 Å². The first-order valence-electron chi connectivity index (χ1n) is 9.42. The molecule has 1 fully saturated rings. The molecular weight excluding hydrogens is 376 g/mol. The maximum Gasteiger partial charge on any atom is 0.260 e. The number of rotatable bonds is 7. The normalized spacial score (nSPS) is 14.2. The molecule has 1 saturated heterocycles. The second kappa shape index (κ2) is 10.8. The molecule has 0 saturated carbocycles. The van der Waals surface area contributed by atoms with Gasteiger partial charge in [-0.1, -0.05) is 30.3 Å². The van der Waals surface area contributed by atoms with Crippen molar-refractivity contribution in [1.82, 2.24) is 10.2 Å². The Morgan fingerprint density at radius 3 is 2.21 bits per heavy atom. The third-order valence-corrected chi connectivity index (χ3v) is 4.97. The summed E-state index contributed by atoms with van der Waals surface area (Å²) in [6.45, 7) is 2.62. The first-order valence-corrected chi connectivity index (χ1v) is 9.42. The number of ether oxygens (including phenoxy) is 1. The molecule has 0 unspecified atom stereocenters. The van der Waals surface area contributed by atoms with Gasteiger partial charge >= 0.3 is 0 Å². The summed E-state index contributed by atoms with van der Waals surface area (Å²) < 4.78 is 5.62. The Balaban J connectivity index is 0.00000280. The molecule has 0 spiro atoms. The number of nitrogens with one attached hydrogen (secondary N) is 1. The minimum absolute atomic E-state index is 0. The van der Waals surface area contributed by atoms with Crippen molar-refractivity contribution in [3.8, 4) is 5.75 Å². The van der Waals surface area contributed by atoms with Gasteiger partial charge in [0.05, 0.1) is 0 Å². The molecule has 0 atom stereocenters. The zero-order valence-electron chi connectivity index (χ0n) is 16.1. The monoisotopic (exact) mass is 402 g/mol. The molecule has 1 aliphatic heterocycles. The Kier molecular flexibility index (Phi) is 8.48. The summed E-state index contributed by atoms with van der Waals surface area (Å²) in [5.74, 6) is 1.23. The molecule has 0 bridgehead atoms. The van der Waals surface area contributed by atoms with Gasteiger partial charge in [0.1, 0.15) is 5.75 Å². The van der Waals surface area contributed by atoms with Crippen molar-refractivity contribution in [2.24, 2.45) is 5.92 Å². The molecule has 6 heteroatoms. The summed E-state index contributed by atoms with van der Waals surface area (Å²) in [6.07, 6.45) is 2.06. The van der Waals surface area contributed by atoms with Crippen LogP contribution in [0.25, 0.3) is 0 Å². The molecule has 2 aromatic rings. The molecule has 28 heavy (non-hydrogen) atoms. The smallest absolute Gasteiger partial charge is 0.260 e. The van der Waals surface area contributed by atoms with Gasteiger partial charge in [-0.25, -0.2) is 0 Å². The van der Waals surface area contributed by atoms with E-state index in [1.165, 1.54) is 0 Å². The lowest BCUT2D eigenvalue weighted by atomic mass is 9.97. The number of halogens is 1. The summed E-state index contributed by atoms with van der Waals surface area (Å²) in [7, 11) is 1.96. The molecule has 3 rings (SSSR count). The number of amides is 1. The predicted molar refractivity (Wildman–Crippen MR) is 112 cm³/mol. The molecule has 1 amide bonds. The summed E-state index contributed by atoms with van der Waals surface area (Å²) >= 11 is 0. The van der Waals surface area contributed by atoms with Gasteiger partial charge in [-0.2, -0.15) is 0 Å². The van der Waals surface area contributed by atoms with E-state index in [4.69, 9.17) is 4.74 Å². The standard InChI is InChI=1S/C22H26N2O3.ClH/c1-23-15-17-11-13-24(14-12-17)21(25)16-27-20-9-7-19(8-10-20)22(26)18-5-3-2-4-6-18;/h2-10,17,23H,11-16H2,1H3;1H. The summed E-state index contributed by atoms with van der Waals surface area (Å²) in [5.41, 5.74) is 1.26. The second-order valence-corrected chi connectivity index (χ2v) is 6.89. The van der Waals surface area contributed by atoms with E-state index < -0.39 is 0 Å². The number of hydrogen-bond acceptors (Lipinski definition) is 4. The SMILES string of the molecule is CNCC1CCN(C(=O)COc2ccc(C(=O)c3ccccc3)cc2)CC1.Cl. The Hall–Kier alpha value is -2.37. The van der Waals surface area contributed by atoms with Gasteiger partial charge in [0.25, 0.3) is 5.91 Å². The van der Waals surface area contributed by atoms with E-state index in [1.807, 2.05) is 30.1 Å². The van der Waals surface area contributed by atoms with Crippen LogP contribution >= 0.6 is 12.4 Å². The minimum atomic E-state index is -0.0253. The van der Waals surface area contributed by atoms with Gasteiger partial charge < -0.3 is 15.0 Å². The molecule has 1 N–H and O–H groups in total. The zero-order valence-corrected chi connectivity index (χ0v) is 16.9. The van der Waals surface area contributed by atoms with E-state index in [-0.39, 0.29) is 30.7 Å². The van der Waals surface area contributed by atoms with Crippen LogP contribution in [0.5, 0.6) is 5.75 Å². The van der Waals surface area contributed by atoms with Crippen molar-refractivity contribution >= 4 is 24.1 Å². The van der Waals surface area contributed by atoms with Crippen LogP contribution in [-0.4, -0.2) is 49.9 Å². The lowest BCUT2D eigenvalue weighted by molar-refractivity contribution is -0.134. The minimum Gasteiger partial charge on any atom is -0.484 e. The third kappa shape index (κ3) is 5.81. The number of piperidine rings is 1. The fourth-order valence-corrected chi connectivity index (χ4v) is 3.37. The van der Waals surface area contributed by atoms with Gasteiger partial charge in [-0.15, -0.1) is 12.4 Å². The van der Waals surface area contributed by atoms with Crippen molar-refractivity contribution in [3.63, 3.8) is 0 Å². The Labute approximate surface area is 172 Å². The first-order chi connectivity index (χ1) is 13.2. The van der Waals surface area contributed by atoms with Gasteiger partial charge in [0, 0.05) is 24.2 Å². The molecule has 5 nitrogen and oxygen atoms in total. The first kappa shape index (κ1) is 21.9. The van der Waals surface area contributed by atoms with Crippen LogP contribution in [0.2, 0.25) is 0 Å². The van der Waals surface area contributed by atoms with E-state index in [0.717, 1.165) is 32.5 Å². The predicted octanol–water partition coefficient (Wildman–Crippen LogP) is 3.18. The van der Waals surface area contributed by atoms with Crippen LogP contribution in [0, 0.1) is 5.92 Å². The van der Waals surface area contributed by atoms with Crippen LogP contribution in [0.1, 0.15) is 28.8 Å². The molecular formula is C22H27ClN2O3. The number of ketones is 1. The number of nitrogens with zero attached hydrogens (tertiary/aromatic N) is 1. The van der Waals surface area contributed by atoms with E-state index in [2.05, 4.69) is 5.32 Å². The Morgan fingerprint density at radius 1 is 1.00 bits per heavy atom. The molecule has 150 valence electrons. The average Bonchev–Trinajstić information content (AvgIpc) is 2.73. The summed E-state index contributed by atoms with van der Waals surface area (Å²) in [4.78, 5) is 26.6. The Bertz CT molecular complexity index is 757. The molecule has 1 heterocycles. The second-order valence-electron chi connectivity index (χ2n) is 6.89. The highest BCUT2D eigenvalue weighted by Gasteiger charge is 2.22. The number of likely N-dealkylation sites (tertiary alicyclic amines) is 1. The van der Waals surface area contributed by atoms with Crippen molar-refractivity contribution in [1.29, 1.82) is 0 Å². The van der Waals surface area contributed by atoms with Crippen molar-refractivity contribution in [3.05, 3.63) is 65.7 Å². The van der Waals surface area contributed by atoms with E-state index >= 15 is 0 Å². The zero-order chi connectivity index (χ0) is 19.1. The van der Waals surface area contributed by atoms with E-state index in [0.29, 0.717) is 22.8 Å². The lowest BCUT2D eigenvalue weighted by Gasteiger charge is -2.31. The molecule has 0 aromatic heterocycles. The molecule has 1 aliphatic rings. The highest BCUT2D eigenvalue weighted by Crippen LogP contribution is 2.18. The molecule has 2 aromatic carbocycles. The van der Waals surface area contributed by atoms with Crippen molar-refractivity contribution in [2.75, 3.05) is 33.3 Å². The third-order valence-electron chi connectivity index (χ3n) is 4.97. The van der Waals surface area contributed by atoms with E-state index in [1.54, 1.807) is 36.4 Å². The molecule has 0 aliphatic carbocycles. The maximum atomic E-state index is 12.4. The topological polar surface area (TPSA) is 58.6 Å². The average molecular weight is 403 g/mol. The van der Waals surface area contributed by atoms with Gasteiger partial charge in [0.2, 0.25) is 0 Å². The quantitative estimate of drug-likeness (QED) is 0.722. The van der Waals surface area contributed by atoms with Crippen LogP contribution in [-0.2, 0) is 4.79 Å².